The van der Waals surface area contributed by atoms with Crippen molar-refractivity contribution in [3.05, 3.63) is 24.5 Å². The fraction of sp³-hybridized carbons (Fsp3) is 0.556. The van der Waals surface area contributed by atoms with Gasteiger partial charge in [0.25, 0.3) is 0 Å². The van der Waals surface area contributed by atoms with E-state index in [1.165, 1.54) is 25.7 Å². The lowest BCUT2D eigenvalue weighted by molar-refractivity contribution is -0.130. The van der Waals surface area contributed by atoms with Crippen LogP contribution in [0, 0.1) is 5.92 Å². The molecule has 1 aliphatic carbocycles. The second-order valence-electron chi connectivity index (χ2n) is 7.01. The van der Waals surface area contributed by atoms with Gasteiger partial charge in [-0.3, -0.25) is 9.59 Å². The van der Waals surface area contributed by atoms with Crippen LogP contribution in [-0.4, -0.2) is 43.9 Å². The predicted octanol–water partition coefficient (Wildman–Crippen LogP) is 2.24. The van der Waals surface area contributed by atoms with E-state index in [0.29, 0.717) is 30.5 Å². The minimum atomic E-state index is -0.297. The van der Waals surface area contributed by atoms with Gasteiger partial charge in [0.2, 0.25) is 11.8 Å². The first-order valence-corrected chi connectivity index (χ1v) is 9.11. The van der Waals surface area contributed by atoms with Crippen LogP contribution < -0.4 is 5.32 Å². The van der Waals surface area contributed by atoms with Crippen molar-refractivity contribution in [1.82, 2.24) is 19.5 Å². The molecule has 2 fully saturated rings. The van der Waals surface area contributed by atoms with Gasteiger partial charge in [0, 0.05) is 31.3 Å². The van der Waals surface area contributed by atoms with Crippen LogP contribution in [0.15, 0.2) is 24.5 Å². The summed E-state index contributed by atoms with van der Waals surface area (Å²) in [6, 6.07) is 3.81. The molecule has 7 nitrogen and oxygen atoms in total. The standard InChI is InChI=1S/C18H23N5O2/c24-17-11-13(12-22(17)14-5-3-1-2-4-6-14)18(25)21-16-7-9-19-15-8-10-20-23(15)16/h7-10,13-14H,1-6,11-12H2,(H,21,25). The van der Waals surface area contributed by atoms with Crippen LogP contribution in [0.25, 0.3) is 5.65 Å². The molecule has 132 valence electrons. The van der Waals surface area contributed by atoms with Crippen molar-refractivity contribution in [2.24, 2.45) is 5.92 Å². The summed E-state index contributed by atoms with van der Waals surface area (Å²) < 4.78 is 1.59. The molecule has 1 N–H and O–H groups in total. The lowest BCUT2D eigenvalue weighted by Crippen LogP contribution is -2.37. The van der Waals surface area contributed by atoms with E-state index in [-0.39, 0.29) is 17.7 Å². The molecule has 1 atom stereocenters. The number of carbonyl (C=O) groups is 2. The third-order valence-corrected chi connectivity index (χ3v) is 5.34. The van der Waals surface area contributed by atoms with Crippen LogP contribution in [0.1, 0.15) is 44.9 Å². The van der Waals surface area contributed by atoms with Crippen LogP contribution in [-0.2, 0) is 9.59 Å². The Balaban J connectivity index is 1.44. The molecule has 1 saturated carbocycles. The summed E-state index contributed by atoms with van der Waals surface area (Å²) in [7, 11) is 0. The van der Waals surface area contributed by atoms with E-state index in [4.69, 9.17) is 0 Å². The molecule has 0 spiro atoms. The Labute approximate surface area is 146 Å². The van der Waals surface area contributed by atoms with E-state index in [9.17, 15) is 9.59 Å². The van der Waals surface area contributed by atoms with Crippen molar-refractivity contribution in [3.63, 3.8) is 0 Å². The van der Waals surface area contributed by atoms with E-state index in [2.05, 4.69) is 15.4 Å². The molecule has 3 heterocycles. The van der Waals surface area contributed by atoms with E-state index < -0.39 is 0 Å². The van der Waals surface area contributed by atoms with E-state index in [1.807, 2.05) is 4.90 Å². The lowest BCUT2D eigenvalue weighted by Gasteiger charge is -2.27. The Hall–Kier alpha value is -2.44. The van der Waals surface area contributed by atoms with Crippen molar-refractivity contribution in [3.8, 4) is 0 Å². The fourth-order valence-corrected chi connectivity index (χ4v) is 3.99. The Morgan fingerprint density at radius 1 is 1.12 bits per heavy atom. The highest BCUT2D eigenvalue weighted by Crippen LogP contribution is 2.28. The highest BCUT2D eigenvalue weighted by Gasteiger charge is 2.38. The van der Waals surface area contributed by atoms with Gasteiger partial charge in [0.15, 0.2) is 5.65 Å². The zero-order valence-corrected chi connectivity index (χ0v) is 14.2. The maximum atomic E-state index is 12.7. The molecule has 2 amide bonds. The number of hydrogen-bond acceptors (Lipinski definition) is 4. The molecule has 2 aromatic heterocycles. The number of aromatic nitrogens is 3. The van der Waals surface area contributed by atoms with Gasteiger partial charge in [-0.2, -0.15) is 9.61 Å². The molecular formula is C18H23N5O2. The average Bonchev–Trinajstić information content (AvgIpc) is 3.15. The molecule has 25 heavy (non-hydrogen) atoms. The van der Waals surface area contributed by atoms with Gasteiger partial charge in [-0.05, 0) is 18.9 Å². The normalized spacial score (nSPS) is 22.3. The average molecular weight is 341 g/mol. The van der Waals surface area contributed by atoms with Crippen LogP contribution in [0.3, 0.4) is 0 Å². The second-order valence-corrected chi connectivity index (χ2v) is 7.01. The number of fused-ring (bicyclic) bond motifs is 1. The van der Waals surface area contributed by atoms with E-state index in [0.717, 1.165) is 12.8 Å². The minimum absolute atomic E-state index is 0.117. The number of rotatable bonds is 3. The number of carbonyl (C=O) groups excluding carboxylic acids is 2. The summed E-state index contributed by atoms with van der Waals surface area (Å²) in [5.41, 5.74) is 0.681. The smallest absolute Gasteiger partial charge is 0.230 e. The lowest BCUT2D eigenvalue weighted by atomic mass is 10.1. The number of nitrogens with zero attached hydrogens (tertiary/aromatic N) is 4. The van der Waals surface area contributed by atoms with Gasteiger partial charge in [-0.1, -0.05) is 25.7 Å². The summed E-state index contributed by atoms with van der Waals surface area (Å²) in [5.74, 6) is 0.286. The molecule has 1 saturated heterocycles. The minimum Gasteiger partial charge on any atom is -0.339 e. The van der Waals surface area contributed by atoms with E-state index >= 15 is 0 Å². The quantitative estimate of drug-likeness (QED) is 0.868. The van der Waals surface area contributed by atoms with Crippen molar-refractivity contribution < 1.29 is 9.59 Å². The van der Waals surface area contributed by atoms with Gasteiger partial charge in [0.1, 0.15) is 5.82 Å². The summed E-state index contributed by atoms with van der Waals surface area (Å²) >= 11 is 0. The van der Waals surface area contributed by atoms with Gasteiger partial charge in [0.05, 0.1) is 12.1 Å². The number of nitrogens with one attached hydrogen (secondary N) is 1. The van der Waals surface area contributed by atoms with Gasteiger partial charge in [-0.15, -0.1) is 0 Å². The third-order valence-electron chi connectivity index (χ3n) is 5.34. The maximum absolute atomic E-state index is 12.7. The zero-order chi connectivity index (χ0) is 17.2. The van der Waals surface area contributed by atoms with Crippen LogP contribution in [0.4, 0.5) is 5.82 Å². The maximum Gasteiger partial charge on any atom is 0.230 e. The molecule has 0 radical (unpaired) electrons. The first-order valence-electron chi connectivity index (χ1n) is 9.11. The monoisotopic (exact) mass is 341 g/mol. The number of likely N-dealkylation sites (tertiary alicyclic amines) is 1. The number of anilines is 1. The fourth-order valence-electron chi connectivity index (χ4n) is 3.99. The summed E-state index contributed by atoms with van der Waals surface area (Å²) in [4.78, 5) is 31.3. The molecule has 4 rings (SSSR count). The molecule has 0 aromatic carbocycles. The van der Waals surface area contributed by atoms with Crippen molar-refractivity contribution >= 4 is 23.3 Å². The molecule has 1 unspecified atom stereocenters. The van der Waals surface area contributed by atoms with Crippen LogP contribution >= 0.6 is 0 Å². The van der Waals surface area contributed by atoms with Crippen molar-refractivity contribution in [2.75, 3.05) is 11.9 Å². The molecule has 0 bridgehead atoms. The molecule has 7 heteroatoms. The highest BCUT2D eigenvalue weighted by atomic mass is 16.2. The van der Waals surface area contributed by atoms with Gasteiger partial charge in [-0.25, -0.2) is 4.98 Å². The van der Waals surface area contributed by atoms with Crippen molar-refractivity contribution in [1.29, 1.82) is 0 Å². The SMILES string of the molecule is O=C(Nc1ccnc2ccnn12)C1CC(=O)N(C2CCCCCC2)C1. The second kappa shape index (κ2) is 6.82. The molecular weight excluding hydrogens is 318 g/mol. The molecule has 2 aliphatic rings. The molecule has 1 aliphatic heterocycles. The summed E-state index contributed by atoms with van der Waals surface area (Å²) in [6.45, 7) is 0.530. The van der Waals surface area contributed by atoms with E-state index in [1.54, 1.807) is 29.0 Å². The Bertz CT molecular complexity index is 779. The van der Waals surface area contributed by atoms with Gasteiger partial charge < -0.3 is 10.2 Å². The number of amides is 2. The van der Waals surface area contributed by atoms with Crippen LogP contribution in [0.5, 0.6) is 0 Å². The third kappa shape index (κ3) is 3.23. The number of hydrogen-bond donors (Lipinski definition) is 1. The Kier molecular flexibility index (Phi) is 4.38. The Morgan fingerprint density at radius 3 is 2.72 bits per heavy atom. The van der Waals surface area contributed by atoms with Crippen molar-refractivity contribution in [2.45, 2.75) is 51.0 Å². The first kappa shape index (κ1) is 16.1. The first-order chi connectivity index (χ1) is 12.2. The molecule has 2 aromatic rings. The van der Waals surface area contributed by atoms with Crippen LogP contribution in [0.2, 0.25) is 0 Å². The zero-order valence-electron chi connectivity index (χ0n) is 14.2. The summed E-state index contributed by atoms with van der Waals surface area (Å²) in [5, 5.41) is 7.09. The highest BCUT2D eigenvalue weighted by molar-refractivity contribution is 5.96. The largest absolute Gasteiger partial charge is 0.339 e. The Morgan fingerprint density at radius 2 is 1.92 bits per heavy atom. The predicted molar refractivity (Wildman–Crippen MR) is 92.9 cm³/mol. The topological polar surface area (TPSA) is 79.6 Å². The van der Waals surface area contributed by atoms with Gasteiger partial charge >= 0.3 is 0 Å². The summed E-state index contributed by atoms with van der Waals surface area (Å²) in [6.07, 6.45) is 10.6.